The van der Waals surface area contributed by atoms with Crippen molar-refractivity contribution in [3.8, 4) is 0 Å². The number of aromatic nitrogens is 1. The van der Waals surface area contributed by atoms with Crippen molar-refractivity contribution in [1.29, 1.82) is 0 Å². The van der Waals surface area contributed by atoms with Crippen molar-refractivity contribution in [3.05, 3.63) is 66.0 Å². The van der Waals surface area contributed by atoms with Crippen molar-refractivity contribution >= 4 is 6.41 Å². The summed E-state index contributed by atoms with van der Waals surface area (Å²) < 4.78 is 0. The highest BCUT2D eigenvalue weighted by Crippen LogP contribution is 2.43. The molecule has 0 atom stereocenters. The van der Waals surface area contributed by atoms with Crippen LogP contribution in [0.5, 0.6) is 0 Å². The second kappa shape index (κ2) is 6.08. The molecule has 1 amide bonds. The van der Waals surface area contributed by atoms with Crippen LogP contribution < -0.4 is 0 Å². The largest absolute Gasteiger partial charge is 0.331 e. The molecule has 1 saturated carbocycles. The van der Waals surface area contributed by atoms with E-state index in [0.29, 0.717) is 6.54 Å². The fraction of sp³-hybridized carbons (Fsp3) is 0.333. The minimum atomic E-state index is -0.147. The number of amides is 1. The molecule has 0 bridgehead atoms. The van der Waals surface area contributed by atoms with E-state index in [0.717, 1.165) is 24.8 Å². The highest BCUT2D eigenvalue weighted by atomic mass is 16.1. The van der Waals surface area contributed by atoms with Gasteiger partial charge in [0.25, 0.3) is 0 Å². The molecule has 3 nitrogen and oxygen atoms in total. The quantitative estimate of drug-likeness (QED) is 0.785. The molecule has 108 valence electrons. The predicted octanol–water partition coefficient (Wildman–Crippen LogP) is 3.51. The van der Waals surface area contributed by atoms with Gasteiger partial charge in [0.05, 0.1) is 5.54 Å². The number of hydrogen-bond acceptors (Lipinski definition) is 2. The monoisotopic (exact) mass is 280 g/mol. The summed E-state index contributed by atoms with van der Waals surface area (Å²) >= 11 is 0. The van der Waals surface area contributed by atoms with Gasteiger partial charge >= 0.3 is 0 Å². The van der Waals surface area contributed by atoms with Crippen LogP contribution in [-0.4, -0.2) is 16.3 Å². The minimum absolute atomic E-state index is 0.147. The van der Waals surface area contributed by atoms with E-state index in [1.165, 1.54) is 18.4 Å². The summed E-state index contributed by atoms with van der Waals surface area (Å²) in [5.74, 6) is 0. The van der Waals surface area contributed by atoms with E-state index in [9.17, 15) is 4.79 Å². The van der Waals surface area contributed by atoms with E-state index >= 15 is 0 Å². The Morgan fingerprint density at radius 3 is 2.33 bits per heavy atom. The van der Waals surface area contributed by atoms with Gasteiger partial charge in [0.2, 0.25) is 6.41 Å². The smallest absolute Gasteiger partial charge is 0.210 e. The zero-order valence-electron chi connectivity index (χ0n) is 12.1. The standard InChI is InChI=1S/C18H20N2O/c21-15-20(14-16-8-12-19-13-9-16)18(10-4-5-11-18)17-6-2-1-3-7-17/h1-3,6-9,12-13,15H,4-5,10-11,14H2. The van der Waals surface area contributed by atoms with E-state index in [1.54, 1.807) is 12.4 Å². The molecule has 0 N–H and O–H groups in total. The van der Waals surface area contributed by atoms with E-state index in [2.05, 4.69) is 29.2 Å². The van der Waals surface area contributed by atoms with Crippen LogP contribution in [0.25, 0.3) is 0 Å². The lowest BCUT2D eigenvalue weighted by Gasteiger charge is -2.39. The number of hydrogen-bond donors (Lipinski definition) is 0. The summed E-state index contributed by atoms with van der Waals surface area (Å²) in [4.78, 5) is 17.8. The third-order valence-electron chi connectivity index (χ3n) is 4.52. The molecule has 0 spiro atoms. The maximum absolute atomic E-state index is 11.8. The maximum atomic E-state index is 11.8. The number of carbonyl (C=O) groups is 1. The molecule has 0 saturated heterocycles. The fourth-order valence-corrected chi connectivity index (χ4v) is 3.42. The van der Waals surface area contributed by atoms with Crippen molar-refractivity contribution in [2.75, 3.05) is 0 Å². The Morgan fingerprint density at radius 2 is 1.71 bits per heavy atom. The first-order valence-electron chi connectivity index (χ1n) is 7.52. The third-order valence-corrected chi connectivity index (χ3v) is 4.52. The molecule has 3 rings (SSSR count). The Hall–Kier alpha value is -2.16. The molecule has 0 radical (unpaired) electrons. The molecular formula is C18H20N2O. The van der Waals surface area contributed by atoms with Crippen molar-refractivity contribution < 1.29 is 4.79 Å². The third kappa shape index (κ3) is 2.68. The Kier molecular flexibility index (Phi) is 4.00. The number of rotatable bonds is 5. The van der Waals surface area contributed by atoms with Gasteiger partial charge in [-0.05, 0) is 36.1 Å². The van der Waals surface area contributed by atoms with Crippen LogP contribution in [-0.2, 0) is 16.9 Å². The van der Waals surface area contributed by atoms with Crippen molar-refractivity contribution in [1.82, 2.24) is 9.88 Å². The fourth-order valence-electron chi connectivity index (χ4n) is 3.42. The zero-order chi connectivity index (χ0) is 14.5. The van der Waals surface area contributed by atoms with Gasteiger partial charge in [-0.3, -0.25) is 9.78 Å². The zero-order valence-corrected chi connectivity index (χ0v) is 12.1. The van der Waals surface area contributed by atoms with E-state index < -0.39 is 0 Å². The topological polar surface area (TPSA) is 33.2 Å². The summed E-state index contributed by atoms with van der Waals surface area (Å²) in [6, 6.07) is 14.4. The Balaban J connectivity index is 1.93. The van der Waals surface area contributed by atoms with Gasteiger partial charge in [-0.25, -0.2) is 0 Å². The second-order valence-electron chi connectivity index (χ2n) is 5.69. The lowest BCUT2D eigenvalue weighted by Crippen LogP contribution is -2.42. The average molecular weight is 280 g/mol. The van der Waals surface area contributed by atoms with Gasteiger partial charge < -0.3 is 4.90 Å². The lowest BCUT2D eigenvalue weighted by atomic mass is 9.86. The van der Waals surface area contributed by atoms with Crippen LogP contribution in [0.1, 0.15) is 36.8 Å². The van der Waals surface area contributed by atoms with Crippen molar-refractivity contribution in [2.45, 2.75) is 37.8 Å². The summed E-state index contributed by atoms with van der Waals surface area (Å²) in [5.41, 5.74) is 2.23. The Morgan fingerprint density at radius 1 is 1.05 bits per heavy atom. The maximum Gasteiger partial charge on any atom is 0.210 e. The average Bonchev–Trinajstić information content (AvgIpc) is 3.05. The lowest BCUT2D eigenvalue weighted by molar-refractivity contribution is -0.125. The molecular weight excluding hydrogens is 260 g/mol. The molecule has 0 aliphatic heterocycles. The van der Waals surface area contributed by atoms with Gasteiger partial charge in [0.15, 0.2) is 0 Å². The summed E-state index contributed by atoms with van der Waals surface area (Å²) in [7, 11) is 0. The van der Waals surface area contributed by atoms with Crippen LogP contribution in [0.2, 0.25) is 0 Å². The number of carbonyl (C=O) groups excluding carboxylic acids is 1. The molecule has 2 aromatic rings. The van der Waals surface area contributed by atoms with Crippen molar-refractivity contribution in [2.24, 2.45) is 0 Å². The highest BCUT2D eigenvalue weighted by molar-refractivity contribution is 5.51. The molecule has 0 unspecified atom stereocenters. The summed E-state index contributed by atoms with van der Waals surface area (Å²) in [6.45, 7) is 0.640. The second-order valence-corrected chi connectivity index (χ2v) is 5.69. The van der Waals surface area contributed by atoms with Gasteiger partial charge in [-0.2, -0.15) is 0 Å². The SMILES string of the molecule is O=CN(Cc1ccncc1)C1(c2ccccc2)CCCC1. The molecule has 3 heteroatoms. The van der Waals surface area contributed by atoms with E-state index in [1.807, 2.05) is 23.1 Å². The molecule has 1 aliphatic rings. The predicted molar refractivity (Wildman–Crippen MR) is 82.4 cm³/mol. The van der Waals surface area contributed by atoms with Gasteiger partial charge in [0.1, 0.15) is 0 Å². The first-order valence-corrected chi connectivity index (χ1v) is 7.52. The normalized spacial score (nSPS) is 16.6. The molecule has 1 aromatic carbocycles. The van der Waals surface area contributed by atoms with Crippen LogP contribution in [0, 0.1) is 0 Å². The highest BCUT2D eigenvalue weighted by Gasteiger charge is 2.40. The van der Waals surface area contributed by atoms with Gasteiger partial charge in [-0.1, -0.05) is 43.2 Å². The first kappa shape index (κ1) is 13.8. The van der Waals surface area contributed by atoms with Crippen LogP contribution in [0.15, 0.2) is 54.9 Å². The van der Waals surface area contributed by atoms with Crippen molar-refractivity contribution in [3.63, 3.8) is 0 Å². The van der Waals surface area contributed by atoms with Gasteiger partial charge in [0, 0.05) is 18.9 Å². The van der Waals surface area contributed by atoms with E-state index in [4.69, 9.17) is 0 Å². The number of benzene rings is 1. The Bertz CT molecular complexity index is 577. The number of nitrogens with zero attached hydrogens (tertiary/aromatic N) is 2. The molecule has 1 heterocycles. The number of pyridine rings is 1. The Labute approximate surface area is 125 Å². The van der Waals surface area contributed by atoms with Crippen LogP contribution in [0.3, 0.4) is 0 Å². The molecule has 1 fully saturated rings. The summed E-state index contributed by atoms with van der Waals surface area (Å²) in [5, 5.41) is 0. The molecule has 1 aromatic heterocycles. The first-order chi connectivity index (χ1) is 10.3. The molecule has 21 heavy (non-hydrogen) atoms. The molecule has 1 aliphatic carbocycles. The summed E-state index contributed by atoms with van der Waals surface area (Å²) in [6.07, 6.45) is 9.01. The van der Waals surface area contributed by atoms with Crippen LogP contribution >= 0.6 is 0 Å². The minimum Gasteiger partial charge on any atom is -0.331 e. The van der Waals surface area contributed by atoms with Crippen LogP contribution in [0.4, 0.5) is 0 Å². The van der Waals surface area contributed by atoms with Gasteiger partial charge in [-0.15, -0.1) is 0 Å². The van der Waals surface area contributed by atoms with E-state index in [-0.39, 0.29) is 5.54 Å².